The Morgan fingerprint density at radius 1 is 1.40 bits per heavy atom. The predicted octanol–water partition coefficient (Wildman–Crippen LogP) is 2.50. The third-order valence-electron chi connectivity index (χ3n) is 5.56. The zero-order chi connectivity index (χ0) is 21.0. The number of pyridine rings is 1. The Morgan fingerprint density at radius 2 is 2.23 bits per heavy atom. The van der Waals surface area contributed by atoms with Crippen molar-refractivity contribution in [3.8, 4) is 0 Å². The highest BCUT2D eigenvalue weighted by atomic mass is 16.4. The molecule has 0 saturated carbocycles. The van der Waals surface area contributed by atoms with Gasteiger partial charge in [0.05, 0.1) is 28.9 Å². The first-order valence-electron chi connectivity index (χ1n) is 9.87. The Bertz CT molecular complexity index is 1250. The van der Waals surface area contributed by atoms with Crippen LogP contribution in [0, 0.1) is 13.8 Å². The van der Waals surface area contributed by atoms with Gasteiger partial charge in [0.1, 0.15) is 12.1 Å². The number of carbonyl (C=O) groups is 1. The fourth-order valence-corrected chi connectivity index (χ4v) is 4.03. The molecule has 30 heavy (non-hydrogen) atoms. The van der Waals surface area contributed by atoms with E-state index in [9.17, 15) is 9.90 Å². The van der Waals surface area contributed by atoms with Crippen LogP contribution in [0.25, 0.3) is 5.52 Å². The number of H-pyrrole nitrogens is 1. The number of aromatic amines is 1. The van der Waals surface area contributed by atoms with E-state index in [1.165, 1.54) is 0 Å². The first-order chi connectivity index (χ1) is 14.4. The number of aryl methyl sites for hydroxylation is 2. The van der Waals surface area contributed by atoms with E-state index < -0.39 is 12.1 Å². The average molecular weight is 406 g/mol. The molecule has 5 heterocycles. The normalized spacial score (nSPS) is 17.3. The highest BCUT2D eigenvalue weighted by molar-refractivity contribution is 5.93. The van der Waals surface area contributed by atoms with Gasteiger partial charge in [0.2, 0.25) is 11.7 Å². The van der Waals surface area contributed by atoms with Gasteiger partial charge in [-0.3, -0.25) is 4.79 Å². The van der Waals surface area contributed by atoms with Crippen molar-refractivity contribution in [3.63, 3.8) is 0 Å². The maximum absolute atomic E-state index is 13.5. The highest BCUT2D eigenvalue weighted by Crippen LogP contribution is 2.35. The average Bonchev–Trinajstić information content (AvgIpc) is 3.44. The zero-order valence-corrected chi connectivity index (χ0v) is 17.0. The van der Waals surface area contributed by atoms with Gasteiger partial charge in [-0.25, -0.2) is 14.5 Å². The van der Waals surface area contributed by atoms with Gasteiger partial charge in [0.25, 0.3) is 5.91 Å². The van der Waals surface area contributed by atoms with E-state index in [0.29, 0.717) is 18.7 Å². The van der Waals surface area contributed by atoms with E-state index in [1.54, 1.807) is 25.1 Å². The number of imidazole rings is 1. The van der Waals surface area contributed by atoms with Crippen LogP contribution < -0.4 is 0 Å². The van der Waals surface area contributed by atoms with Gasteiger partial charge in [-0.05, 0) is 38.5 Å². The summed E-state index contributed by atoms with van der Waals surface area (Å²) in [6, 6.07) is 5.52. The highest BCUT2D eigenvalue weighted by Gasteiger charge is 2.38. The smallest absolute Gasteiger partial charge is 0.292 e. The van der Waals surface area contributed by atoms with Crippen molar-refractivity contribution in [1.29, 1.82) is 0 Å². The second kappa shape index (κ2) is 6.81. The molecule has 1 aliphatic heterocycles. The first kappa shape index (κ1) is 18.6. The minimum atomic E-state index is -0.887. The summed E-state index contributed by atoms with van der Waals surface area (Å²) < 4.78 is 7.44. The van der Waals surface area contributed by atoms with Crippen LogP contribution in [-0.2, 0) is 6.42 Å². The van der Waals surface area contributed by atoms with E-state index in [0.717, 1.165) is 28.2 Å². The second-order valence-corrected chi connectivity index (χ2v) is 7.65. The van der Waals surface area contributed by atoms with Gasteiger partial charge in [-0.15, -0.1) is 0 Å². The molecule has 9 heteroatoms. The third-order valence-corrected chi connectivity index (χ3v) is 5.56. The van der Waals surface area contributed by atoms with E-state index in [4.69, 9.17) is 9.52 Å². The Balaban J connectivity index is 1.62. The second-order valence-electron chi connectivity index (χ2n) is 7.65. The molecule has 0 radical (unpaired) electrons. The van der Waals surface area contributed by atoms with Crippen LogP contribution in [0.2, 0.25) is 0 Å². The topological polar surface area (TPSA) is 113 Å². The van der Waals surface area contributed by atoms with Gasteiger partial charge < -0.3 is 19.4 Å². The lowest BCUT2D eigenvalue weighted by molar-refractivity contribution is 0.0644. The summed E-state index contributed by atoms with van der Waals surface area (Å²) in [4.78, 5) is 27.1. The summed E-state index contributed by atoms with van der Waals surface area (Å²) in [6.45, 7) is 5.77. The van der Waals surface area contributed by atoms with Crippen molar-refractivity contribution in [3.05, 3.63) is 70.7 Å². The largest absolute Gasteiger partial charge is 0.432 e. The summed E-state index contributed by atoms with van der Waals surface area (Å²) >= 11 is 0. The monoisotopic (exact) mass is 406 g/mol. The van der Waals surface area contributed by atoms with Crippen molar-refractivity contribution < 1.29 is 14.3 Å². The number of amides is 1. The Labute approximate surface area is 172 Å². The van der Waals surface area contributed by atoms with Gasteiger partial charge in [-0.2, -0.15) is 5.10 Å². The maximum atomic E-state index is 13.5. The Hall–Kier alpha value is -3.46. The van der Waals surface area contributed by atoms with Crippen LogP contribution in [0.5, 0.6) is 0 Å². The fourth-order valence-electron chi connectivity index (χ4n) is 4.03. The number of rotatable bonds is 3. The Morgan fingerprint density at radius 3 is 2.97 bits per heavy atom. The summed E-state index contributed by atoms with van der Waals surface area (Å²) in [5.74, 6) is -0.0256. The van der Waals surface area contributed by atoms with Gasteiger partial charge in [0.15, 0.2) is 0 Å². The number of nitrogens with one attached hydrogen (secondary N) is 1. The molecule has 0 bridgehead atoms. The van der Waals surface area contributed by atoms with E-state index in [1.807, 2.05) is 35.8 Å². The summed E-state index contributed by atoms with van der Waals surface area (Å²) in [5.41, 5.74) is 5.04. The molecule has 0 saturated heterocycles. The minimum Gasteiger partial charge on any atom is -0.432 e. The lowest BCUT2D eigenvalue weighted by Crippen LogP contribution is -2.41. The maximum Gasteiger partial charge on any atom is 0.292 e. The molecule has 9 nitrogen and oxygen atoms in total. The van der Waals surface area contributed by atoms with Crippen LogP contribution in [0.3, 0.4) is 0 Å². The fraction of sp³-hybridized carbons (Fsp3) is 0.333. The zero-order valence-electron chi connectivity index (χ0n) is 17.0. The predicted molar refractivity (Wildman–Crippen MR) is 107 cm³/mol. The van der Waals surface area contributed by atoms with Crippen molar-refractivity contribution >= 4 is 11.4 Å². The molecule has 154 valence electrons. The van der Waals surface area contributed by atoms with Crippen LogP contribution in [-0.4, -0.2) is 47.0 Å². The van der Waals surface area contributed by atoms with Crippen LogP contribution in [0.15, 0.2) is 35.1 Å². The number of aliphatic hydroxyl groups is 1. The number of fused-ring (bicyclic) bond motifs is 2. The van der Waals surface area contributed by atoms with Crippen LogP contribution in [0.4, 0.5) is 0 Å². The first-order valence-corrected chi connectivity index (χ1v) is 9.87. The summed E-state index contributed by atoms with van der Waals surface area (Å²) in [5, 5.41) is 14.5. The van der Waals surface area contributed by atoms with Gasteiger partial charge in [0, 0.05) is 24.9 Å². The van der Waals surface area contributed by atoms with Crippen LogP contribution >= 0.6 is 0 Å². The molecule has 1 unspecified atom stereocenters. The lowest BCUT2D eigenvalue weighted by atomic mass is 9.99. The number of aromatic nitrogens is 5. The number of aliphatic hydroxyl groups excluding tert-OH is 1. The summed E-state index contributed by atoms with van der Waals surface area (Å²) in [7, 11) is 0. The molecule has 0 aromatic carbocycles. The molecule has 4 aromatic heterocycles. The molecule has 0 fully saturated rings. The molecule has 0 spiro atoms. The molecule has 0 aliphatic carbocycles. The SMILES string of the molecule is Cc1nc([C@H](C)O)oc1C(=O)N1CCc2[nH]cnc2C1c1cc2c(C)cccn2n1. The quantitative estimate of drug-likeness (QED) is 0.541. The Kier molecular flexibility index (Phi) is 4.21. The molecule has 4 aromatic rings. The van der Waals surface area contributed by atoms with Gasteiger partial charge in [-0.1, -0.05) is 6.07 Å². The number of nitrogens with zero attached hydrogens (tertiary/aromatic N) is 5. The number of oxazole rings is 1. The van der Waals surface area contributed by atoms with Gasteiger partial charge >= 0.3 is 0 Å². The molecule has 1 aliphatic rings. The summed E-state index contributed by atoms with van der Waals surface area (Å²) in [6.07, 6.45) is 3.31. The number of hydrogen-bond donors (Lipinski definition) is 2. The molecule has 2 atom stereocenters. The van der Waals surface area contributed by atoms with Crippen molar-refractivity contribution in [2.75, 3.05) is 6.54 Å². The van der Waals surface area contributed by atoms with Crippen molar-refractivity contribution in [2.24, 2.45) is 0 Å². The molecule has 1 amide bonds. The molecular formula is C21H22N6O3. The van der Waals surface area contributed by atoms with Crippen LogP contribution in [0.1, 0.15) is 63.9 Å². The lowest BCUT2D eigenvalue weighted by Gasteiger charge is -2.33. The van der Waals surface area contributed by atoms with E-state index >= 15 is 0 Å². The van der Waals surface area contributed by atoms with Crippen molar-refractivity contribution in [2.45, 2.75) is 39.3 Å². The van der Waals surface area contributed by atoms with E-state index in [2.05, 4.69) is 15.0 Å². The standard InChI is InChI=1S/C21H22N6O3/c1-11-5-4-7-27-16(11)9-15(25-27)18-17-14(22-10-23-17)6-8-26(18)21(29)19-12(2)24-20(30-19)13(3)28/h4-5,7,9-10,13,18,28H,6,8H2,1-3H3,(H,22,23)/t13-,18?/m0/s1. The minimum absolute atomic E-state index is 0.133. The number of carbonyl (C=O) groups excluding carboxylic acids is 1. The molecule has 2 N–H and O–H groups in total. The number of hydrogen-bond acceptors (Lipinski definition) is 6. The molecular weight excluding hydrogens is 384 g/mol. The van der Waals surface area contributed by atoms with E-state index in [-0.39, 0.29) is 17.6 Å². The third kappa shape index (κ3) is 2.81. The molecule has 5 rings (SSSR count). The van der Waals surface area contributed by atoms with Crippen molar-refractivity contribution in [1.82, 2.24) is 29.5 Å².